The molecule has 1 heterocycles. The summed E-state index contributed by atoms with van der Waals surface area (Å²) in [6, 6.07) is 6.45. The molecule has 0 bridgehead atoms. The van der Waals surface area contributed by atoms with Crippen LogP contribution in [-0.2, 0) is 9.84 Å². The second-order valence-corrected chi connectivity index (χ2v) is 7.75. The molecule has 20 heavy (non-hydrogen) atoms. The normalized spacial score (nSPS) is 22.8. The minimum Gasteiger partial charge on any atom is -0.316 e. The quantitative estimate of drug-likeness (QED) is 0.820. The van der Waals surface area contributed by atoms with Gasteiger partial charge in [0.2, 0.25) is 0 Å². The van der Waals surface area contributed by atoms with Crippen LogP contribution in [0.2, 0.25) is 0 Å². The van der Waals surface area contributed by atoms with Gasteiger partial charge < -0.3 is 5.32 Å². The first-order valence-electron chi connectivity index (χ1n) is 7.18. The van der Waals surface area contributed by atoms with Crippen LogP contribution in [0.4, 0.5) is 4.39 Å². The van der Waals surface area contributed by atoms with Crippen molar-refractivity contribution < 1.29 is 12.8 Å². The average Bonchev–Trinajstić information content (AvgIpc) is 2.76. The highest BCUT2D eigenvalue weighted by atomic mass is 32.2. The molecule has 0 spiro atoms. The van der Waals surface area contributed by atoms with E-state index < -0.39 is 9.84 Å². The van der Waals surface area contributed by atoms with Gasteiger partial charge in [-0.3, -0.25) is 0 Å². The van der Waals surface area contributed by atoms with Crippen LogP contribution in [0, 0.1) is 11.7 Å². The van der Waals surface area contributed by atoms with Crippen molar-refractivity contribution in [2.75, 3.05) is 24.6 Å². The SMILES string of the molecule is CCCNCC(c1ccc(F)cc1)C1CCS(=O)(=O)C1. The summed E-state index contributed by atoms with van der Waals surface area (Å²) in [5, 5.41) is 3.36. The van der Waals surface area contributed by atoms with Crippen LogP contribution in [0.25, 0.3) is 0 Å². The van der Waals surface area contributed by atoms with Crippen molar-refractivity contribution in [1.29, 1.82) is 0 Å². The molecule has 3 nitrogen and oxygen atoms in total. The zero-order valence-electron chi connectivity index (χ0n) is 11.8. The van der Waals surface area contributed by atoms with Gasteiger partial charge in [0.15, 0.2) is 9.84 Å². The highest BCUT2D eigenvalue weighted by molar-refractivity contribution is 7.91. The van der Waals surface area contributed by atoms with Crippen molar-refractivity contribution in [1.82, 2.24) is 5.32 Å². The zero-order valence-corrected chi connectivity index (χ0v) is 12.6. The number of hydrogen-bond donors (Lipinski definition) is 1. The largest absolute Gasteiger partial charge is 0.316 e. The second-order valence-electron chi connectivity index (χ2n) is 5.53. The molecule has 0 aromatic heterocycles. The number of hydrogen-bond acceptors (Lipinski definition) is 3. The van der Waals surface area contributed by atoms with Gasteiger partial charge in [0.1, 0.15) is 5.82 Å². The van der Waals surface area contributed by atoms with E-state index in [4.69, 9.17) is 0 Å². The fourth-order valence-corrected chi connectivity index (χ4v) is 4.72. The first kappa shape index (κ1) is 15.4. The van der Waals surface area contributed by atoms with Crippen molar-refractivity contribution in [3.8, 4) is 0 Å². The fraction of sp³-hybridized carbons (Fsp3) is 0.600. The maximum atomic E-state index is 13.0. The Morgan fingerprint density at radius 3 is 2.60 bits per heavy atom. The lowest BCUT2D eigenvalue weighted by atomic mass is 9.85. The topological polar surface area (TPSA) is 46.2 Å². The standard InChI is InChI=1S/C15H22FNO2S/c1-2-8-17-10-15(12-3-5-14(16)6-4-12)13-7-9-20(18,19)11-13/h3-6,13,15,17H,2,7-11H2,1H3. The average molecular weight is 299 g/mol. The third-order valence-corrected chi connectivity index (χ3v) is 5.72. The molecule has 0 saturated carbocycles. The van der Waals surface area contributed by atoms with Gasteiger partial charge in [0.25, 0.3) is 0 Å². The summed E-state index contributed by atoms with van der Waals surface area (Å²) in [7, 11) is -2.89. The van der Waals surface area contributed by atoms with E-state index in [9.17, 15) is 12.8 Å². The summed E-state index contributed by atoms with van der Waals surface area (Å²) in [5.74, 6) is 0.550. The minimum atomic E-state index is -2.89. The van der Waals surface area contributed by atoms with Crippen LogP contribution >= 0.6 is 0 Å². The van der Waals surface area contributed by atoms with E-state index in [1.165, 1.54) is 12.1 Å². The Morgan fingerprint density at radius 1 is 1.35 bits per heavy atom. The van der Waals surface area contributed by atoms with Gasteiger partial charge in [0, 0.05) is 12.5 Å². The van der Waals surface area contributed by atoms with Crippen molar-refractivity contribution in [3.05, 3.63) is 35.6 Å². The van der Waals surface area contributed by atoms with E-state index in [0.717, 1.165) is 25.1 Å². The van der Waals surface area contributed by atoms with Crippen LogP contribution in [-0.4, -0.2) is 33.0 Å². The van der Waals surface area contributed by atoms with E-state index in [-0.39, 0.29) is 29.2 Å². The summed E-state index contributed by atoms with van der Waals surface area (Å²) in [6.07, 6.45) is 1.75. The third-order valence-electron chi connectivity index (χ3n) is 3.93. The number of nitrogens with one attached hydrogen (secondary N) is 1. The van der Waals surface area contributed by atoms with Gasteiger partial charge in [-0.2, -0.15) is 0 Å². The Balaban J connectivity index is 2.14. The monoisotopic (exact) mass is 299 g/mol. The fourth-order valence-electron chi connectivity index (χ4n) is 2.84. The summed E-state index contributed by atoms with van der Waals surface area (Å²) in [4.78, 5) is 0. The molecule has 1 aliphatic heterocycles. The lowest BCUT2D eigenvalue weighted by Crippen LogP contribution is -2.28. The van der Waals surface area contributed by atoms with Crippen LogP contribution in [0.5, 0.6) is 0 Å². The number of benzene rings is 1. The molecule has 1 aromatic rings. The summed E-state index contributed by atoms with van der Waals surface area (Å²) in [6.45, 7) is 3.76. The molecule has 1 saturated heterocycles. The molecular formula is C15H22FNO2S. The summed E-state index contributed by atoms with van der Waals surface area (Å²) in [5.41, 5.74) is 1.03. The van der Waals surface area contributed by atoms with E-state index >= 15 is 0 Å². The zero-order chi connectivity index (χ0) is 14.6. The Bertz CT molecular complexity index is 527. The van der Waals surface area contributed by atoms with Crippen LogP contribution in [0.3, 0.4) is 0 Å². The van der Waals surface area contributed by atoms with Crippen LogP contribution in [0.15, 0.2) is 24.3 Å². The molecule has 2 rings (SSSR count). The van der Waals surface area contributed by atoms with Crippen LogP contribution in [0.1, 0.15) is 31.2 Å². The van der Waals surface area contributed by atoms with Crippen molar-refractivity contribution in [3.63, 3.8) is 0 Å². The van der Waals surface area contributed by atoms with Crippen molar-refractivity contribution in [2.24, 2.45) is 5.92 Å². The number of rotatable bonds is 6. The Hall–Kier alpha value is -0.940. The van der Waals surface area contributed by atoms with E-state index in [1.807, 2.05) is 0 Å². The van der Waals surface area contributed by atoms with Gasteiger partial charge in [0.05, 0.1) is 11.5 Å². The van der Waals surface area contributed by atoms with E-state index in [2.05, 4.69) is 12.2 Å². The molecule has 2 atom stereocenters. The van der Waals surface area contributed by atoms with Gasteiger partial charge in [-0.25, -0.2) is 12.8 Å². The van der Waals surface area contributed by atoms with Crippen LogP contribution < -0.4 is 5.32 Å². The molecule has 0 radical (unpaired) electrons. The summed E-state index contributed by atoms with van der Waals surface area (Å²) >= 11 is 0. The highest BCUT2D eigenvalue weighted by Crippen LogP contribution is 2.33. The van der Waals surface area contributed by atoms with E-state index in [0.29, 0.717) is 6.42 Å². The van der Waals surface area contributed by atoms with Gasteiger partial charge >= 0.3 is 0 Å². The Kier molecular flexibility index (Phi) is 5.16. The van der Waals surface area contributed by atoms with E-state index in [1.54, 1.807) is 12.1 Å². The minimum absolute atomic E-state index is 0.134. The molecular weight excluding hydrogens is 277 g/mol. The summed E-state index contributed by atoms with van der Waals surface area (Å²) < 4.78 is 36.4. The maximum Gasteiger partial charge on any atom is 0.150 e. The molecule has 1 aromatic carbocycles. The maximum absolute atomic E-state index is 13.0. The lowest BCUT2D eigenvalue weighted by Gasteiger charge is -2.23. The van der Waals surface area contributed by atoms with Gasteiger partial charge in [-0.15, -0.1) is 0 Å². The van der Waals surface area contributed by atoms with Crippen molar-refractivity contribution in [2.45, 2.75) is 25.7 Å². The molecule has 5 heteroatoms. The Morgan fingerprint density at radius 2 is 2.05 bits per heavy atom. The second kappa shape index (κ2) is 6.68. The predicted molar refractivity (Wildman–Crippen MR) is 79.1 cm³/mol. The third kappa shape index (κ3) is 4.03. The van der Waals surface area contributed by atoms with Gasteiger partial charge in [-0.05, 0) is 43.0 Å². The smallest absolute Gasteiger partial charge is 0.150 e. The number of halogens is 1. The molecule has 1 fully saturated rings. The first-order valence-corrected chi connectivity index (χ1v) is 9.00. The predicted octanol–water partition coefficient (Wildman–Crippen LogP) is 2.34. The molecule has 1 aliphatic rings. The lowest BCUT2D eigenvalue weighted by molar-refractivity contribution is 0.438. The molecule has 112 valence electrons. The Labute approximate surface area is 120 Å². The molecule has 0 aliphatic carbocycles. The van der Waals surface area contributed by atoms with Crippen molar-refractivity contribution >= 4 is 9.84 Å². The van der Waals surface area contributed by atoms with Gasteiger partial charge in [-0.1, -0.05) is 19.1 Å². The first-order chi connectivity index (χ1) is 9.52. The molecule has 2 unspecified atom stereocenters. The highest BCUT2D eigenvalue weighted by Gasteiger charge is 2.34. The number of sulfone groups is 1. The molecule has 1 N–H and O–H groups in total. The molecule has 0 amide bonds.